The summed E-state index contributed by atoms with van der Waals surface area (Å²) in [6.45, 7) is 15.2. The van der Waals surface area contributed by atoms with Crippen LogP contribution < -0.4 is 0 Å². The van der Waals surface area contributed by atoms with E-state index in [4.69, 9.17) is 0 Å². The van der Waals surface area contributed by atoms with Gasteiger partial charge in [0.25, 0.3) is 0 Å². The highest BCUT2D eigenvalue weighted by atomic mass is 16.3. The van der Waals surface area contributed by atoms with Crippen LogP contribution >= 0.6 is 0 Å². The minimum absolute atomic E-state index is 0.0132. The lowest BCUT2D eigenvalue weighted by molar-refractivity contribution is -0.120. The second kappa shape index (κ2) is 10.1. The topological polar surface area (TPSA) is 77.8 Å². The molecule has 1 aliphatic carbocycles. The molecular weight excluding hydrogens is 364 g/mol. The van der Waals surface area contributed by atoms with Crippen molar-refractivity contribution in [2.24, 2.45) is 11.3 Å². The number of rotatable bonds is 8. The Labute approximate surface area is 176 Å². The van der Waals surface area contributed by atoms with Crippen LogP contribution in [0.2, 0.25) is 0 Å². The maximum Gasteiger partial charge on any atom is 0.167 e. The molecule has 0 spiro atoms. The molecule has 1 rings (SSSR count). The van der Waals surface area contributed by atoms with Crippen molar-refractivity contribution in [3.63, 3.8) is 0 Å². The molecule has 0 saturated heterocycles. The fourth-order valence-electron chi connectivity index (χ4n) is 3.44. The molecule has 4 heteroatoms. The predicted molar refractivity (Wildman–Crippen MR) is 120 cm³/mol. The summed E-state index contributed by atoms with van der Waals surface area (Å²) in [5, 5.41) is 33.6. The Bertz CT molecular complexity index is 756. The molecule has 1 aliphatic rings. The molecule has 3 N–H and O–H groups in total. The van der Waals surface area contributed by atoms with E-state index in [0.717, 1.165) is 16.7 Å². The van der Waals surface area contributed by atoms with Crippen molar-refractivity contribution in [2.75, 3.05) is 0 Å². The largest absolute Gasteiger partial charge is 0.511 e. The quantitative estimate of drug-likeness (QED) is 0.418. The fraction of sp³-hybridized carbons (Fsp3) is 0.560. The number of aliphatic hydroxyl groups is 3. The van der Waals surface area contributed by atoms with E-state index < -0.39 is 11.5 Å². The number of Topliss-reactive ketones (excluding diaryl/α,β-unsaturated/α-hetero) is 1. The highest BCUT2D eigenvalue weighted by molar-refractivity contribution is 5.99. The molecule has 29 heavy (non-hydrogen) atoms. The monoisotopic (exact) mass is 402 g/mol. The van der Waals surface area contributed by atoms with Crippen molar-refractivity contribution in [2.45, 2.75) is 80.8 Å². The molecule has 162 valence electrons. The van der Waals surface area contributed by atoms with Crippen molar-refractivity contribution >= 4 is 5.78 Å². The Kier molecular flexibility index (Phi) is 8.70. The summed E-state index contributed by atoms with van der Waals surface area (Å²) < 4.78 is 0. The first-order valence-corrected chi connectivity index (χ1v) is 10.3. The average molecular weight is 403 g/mol. The first-order chi connectivity index (χ1) is 13.3. The number of carbonyl (C=O) groups excluding carboxylic acids is 1. The fourth-order valence-corrected chi connectivity index (χ4v) is 3.44. The molecule has 1 unspecified atom stereocenters. The minimum Gasteiger partial charge on any atom is -0.511 e. The highest BCUT2D eigenvalue weighted by Gasteiger charge is 2.50. The van der Waals surface area contributed by atoms with E-state index in [1.54, 1.807) is 13.8 Å². The molecule has 0 amide bonds. The van der Waals surface area contributed by atoms with Gasteiger partial charge in [-0.1, -0.05) is 48.8 Å². The van der Waals surface area contributed by atoms with Crippen molar-refractivity contribution in [3.8, 4) is 0 Å². The van der Waals surface area contributed by atoms with Gasteiger partial charge >= 0.3 is 0 Å². The maximum absolute atomic E-state index is 12.9. The van der Waals surface area contributed by atoms with Crippen LogP contribution in [0.15, 0.2) is 57.6 Å². The molecule has 0 saturated carbocycles. The SMILES string of the molecule is CC(C)=CCC1=C(O)C(CC=C(C)C)(CC=C(C)C)C(O)C(C(=O)C(C)C)=C1O. The standard InChI is InChI=1S/C25H38O4/c1-15(2)9-10-19-22(27)20(21(26)18(7)8)24(29)25(23(19)28,13-11-16(3)4)14-12-17(5)6/h9,11-12,18,24,27-29H,10,13-14H2,1-8H3. The van der Waals surface area contributed by atoms with Gasteiger partial charge in [-0.2, -0.15) is 0 Å². The average Bonchev–Trinajstić information content (AvgIpc) is 2.60. The zero-order chi connectivity index (χ0) is 22.5. The third-order valence-electron chi connectivity index (χ3n) is 5.35. The molecule has 4 nitrogen and oxygen atoms in total. The summed E-state index contributed by atoms with van der Waals surface area (Å²) in [7, 11) is 0. The lowest BCUT2D eigenvalue weighted by atomic mass is 9.65. The van der Waals surface area contributed by atoms with Gasteiger partial charge in [-0.25, -0.2) is 0 Å². The smallest absolute Gasteiger partial charge is 0.167 e. The van der Waals surface area contributed by atoms with E-state index in [2.05, 4.69) is 0 Å². The highest BCUT2D eigenvalue weighted by Crippen LogP contribution is 2.49. The van der Waals surface area contributed by atoms with Crippen LogP contribution in [0.25, 0.3) is 0 Å². The summed E-state index contributed by atoms with van der Waals surface area (Å²) >= 11 is 0. The Morgan fingerprint density at radius 2 is 1.38 bits per heavy atom. The van der Waals surface area contributed by atoms with Gasteiger partial charge in [0, 0.05) is 11.5 Å². The Balaban J connectivity index is 3.83. The van der Waals surface area contributed by atoms with Crippen LogP contribution in [0.1, 0.15) is 74.7 Å². The summed E-state index contributed by atoms with van der Waals surface area (Å²) in [6.07, 6.45) is 5.59. The normalized spacial score (nSPS) is 18.6. The van der Waals surface area contributed by atoms with Gasteiger partial charge in [-0.15, -0.1) is 0 Å². The van der Waals surface area contributed by atoms with Crippen LogP contribution in [0.5, 0.6) is 0 Å². The van der Waals surface area contributed by atoms with E-state index >= 15 is 0 Å². The molecule has 0 aliphatic heterocycles. The molecule has 0 fully saturated rings. The van der Waals surface area contributed by atoms with E-state index in [1.165, 1.54) is 0 Å². The number of hydrogen-bond acceptors (Lipinski definition) is 4. The van der Waals surface area contributed by atoms with Crippen LogP contribution in [0, 0.1) is 11.3 Å². The van der Waals surface area contributed by atoms with E-state index in [1.807, 2.05) is 59.8 Å². The van der Waals surface area contributed by atoms with Crippen LogP contribution in [0.4, 0.5) is 0 Å². The van der Waals surface area contributed by atoms with Crippen molar-refractivity contribution < 1.29 is 20.1 Å². The van der Waals surface area contributed by atoms with Crippen molar-refractivity contribution in [1.29, 1.82) is 0 Å². The zero-order valence-corrected chi connectivity index (χ0v) is 19.3. The van der Waals surface area contributed by atoms with E-state index in [0.29, 0.717) is 24.8 Å². The minimum atomic E-state index is -1.29. The lowest BCUT2D eigenvalue weighted by Crippen LogP contribution is -2.44. The number of carbonyl (C=O) groups is 1. The number of ketones is 1. The number of aliphatic hydroxyl groups excluding tert-OH is 3. The van der Waals surface area contributed by atoms with E-state index in [-0.39, 0.29) is 28.8 Å². The van der Waals surface area contributed by atoms with Crippen LogP contribution in [-0.4, -0.2) is 27.2 Å². The zero-order valence-electron chi connectivity index (χ0n) is 19.3. The van der Waals surface area contributed by atoms with E-state index in [9.17, 15) is 20.1 Å². The van der Waals surface area contributed by atoms with Crippen LogP contribution in [0.3, 0.4) is 0 Å². The molecule has 0 aromatic heterocycles. The van der Waals surface area contributed by atoms with Gasteiger partial charge in [-0.3, -0.25) is 4.79 Å². The van der Waals surface area contributed by atoms with Gasteiger partial charge in [-0.05, 0) is 60.8 Å². The van der Waals surface area contributed by atoms with Crippen molar-refractivity contribution in [3.05, 3.63) is 57.6 Å². The summed E-state index contributed by atoms with van der Waals surface area (Å²) in [5.41, 5.74) is 2.40. The molecule has 0 aromatic rings. The second-order valence-corrected chi connectivity index (χ2v) is 9.12. The van der Waals surface area contributed by atoms with Crippen LogP contribution in [-0.2, 0) is 4.79 Å². The lowest BCUT2D eigenvalue weighted by Gasteiger charge is -2.42. The first-order valence-electron chi connectivity index (χ1n) is 10.3. The maximum atomic E-state index is 12.9. The number of hydrogen-bond donors (Lipinski definition) is 3. The van der Waals surface area contributed by atoms with Gasteiger partial charge in [0.1, 0.15) is 11.5 Å². The Morgan fingerprint density at radius 1 is 0.931 bits per heavy atom. The molecule has 0 heterocycles. The molecular formula is C25H38O4. The summed E-state index contributed by atoms with van der Waals surface area (Å²) in [5.74, 6) is -0.987. The van der Waals surface area contributed by atoms with Gasteiger partial charge < -0.3 is 15.3 Å². The molecule has 0 radical (unpaired) electrons. The first kappa shape index (κ1) is 25.0. The molecule has 0 bridgehead atoms. The van der Waals surface area contributed by atoms with Gasteiger partial charge in [0.05, 0.1) is 17.1 Å². The number of allylic oxidation sites excluding steroid dienone is 7. The second-order valence-electron chi connectivity index (χ2n) is 9.12. The Morgan fingerprint density at radius 3 is 1.76 bits per heavy atom. The van der Waals surface area contributed by atoms with Gasteiger partial charge in [0.2, 0.25) is 0 Å². The third kappa shape index (κ3) is 5.72. The van der Waals surface area contributed by atoms with Gasteiger partial charge in [0.15, 0.2) is 5.78 Å². The third-order valence-corrected chi connectivity index (χ3v) is 5.35. The summed E-state index contributed by atoms with van der Waals surface area (Å²) in [4.78, 5) is 12.9. The predicted octanol–water partition coefficient (Wildman–Crippen LogP) is 6.27. The summed E-state index contributed by atoms with van der Waals surface area (Å²) in [6, 6.07) is 0. The Hall–Kier alpha value is -2.07. The molecule has 0 aromatic carbocycles. The molecule has 1 atom stereocenters. The van der Waals surface area contributed by atoms with Crippen molar-refractivity contribution in [1.82, 2.24) is 0 Å².